The first-order valence-corrected chi connectivity index (χ1v) is 7.98. The third-order valence-corrected chi connectivity index (χ3v) is 4.24. The van der Waals surface area contributed by atoms with Crippen molar-refractivity contribution in [2.24, 2.45) is 11.1 Å². The Bertz CT molecular complexity index is 563. The number of nitrogens with two attached hydrogens (primary N) is 1. The van der Waals surface area contributed by atoms with Gasteiger partial charge >= 0.3 is 0 Å². The van der Waals surface area contributed by atoms with Crippen LogP contribution in [0.3, 0.4) is 0 Å². The molecule has 0 radical (unpaired) electrons. The van der Waals surface area contributed by atoms with E-state index in [1.54, 1.807) is 12.1 Å². The van der Waals surface area contributed by atoms with Gasteiger partial charge in [0.25, 0.3) is 0 Å². The number of rotatable bonds is 4. The molecule has 110 valence electrons. The quantitative estimate of drug-likeness (QED) is 0.839. The SMILES string of the molecule is NS(=O)(=O)c1ccc(CNC(=O)C2CCOCC2)cc1. The van der Waals surface area contributed by atoms with E-state index in [1.165, 1.54) is 12.1 Å². The minimum atomic E-state index is -3.67. The highest BCUT2D eigenvalue weighted by Crippen LogP contribution is 2.15. The van der Waals surface area contributed by atoms with Crippen LogP contribution in [0, 0.1) is 5.92 Å². The fourth-order valence-corrected chi connectivity index (χ4v) is 2.61. The molecule has 1 aromatic carbocycles. The number of primary sulfonamides is 1. The highest BCUT2D eigenvalue weighted by Gasteiger charge is 2.21. The first-order chi connectivity index (χ1) is 9.47. The van der Waals surface area contributed by atoms with Gasteiger partial charge < -0.3 is 10.1 Å². The molecule has 0 spiro atoms. The zero-order valence-corrected chi connectivity index (χ0v) is 11.9. The maximum Gasteiger partial charge on any atom is 0.238 e. The van der Waals surface area contributed by atoms with E-state index < -0.39 is 10.0 Å². The largest absolute Gasteiger partial charge is 0.381 e. The maximum absolute atomic E-state index is 11.9. The Hall–Kier alpha value is -1.44. The van der Waals surface area contributed by atoms with Gasteiger partial charge in [-0.25, -0.2) is 13.6 Å². The van der Waals surface area contributed by atoms with Crippen LogP contribution in [0.15, 0.2) is 29.2 Å². The van der Waals surface area contributed by atoms with Gasteiger partial charge in [-0.15, -0.1) is 0 Å². The fourth-order valence-electron chi connectivity index (χ4n) is 2.09. The molecule has 6 nitrogen and oxygen atoms in total. The third kappa shape index (κ3) is 4.03. The summed E-state index contributed by atoms with van der Waals surface area (Å²) in [6, 6.07) is 6.16. The van der Waals surface area contributed by atoms with Gasteiger partial charge in [-0.2, -0.15) is 0 Å². The average Bonchev–Trinajstić information content (AvgIpc) is 2.45. The van der Waals surface area contributed by atoms with Gasteiger partial charge in [-0.3, -0.25) is 4.79 Å². The van der Waals surface area contributed by atoms with Gasteiger partial charge in [0, 0.05) is 25.7 Å². The van der Waals surface area contributed by atoms with Crippen LogP contribution < -0.4 is 10.5 Å². The molecule has 0 bridgehead atoms. The van der Waals surface area contributed by atoms with Crippen LogP contribution in [0.25, 0.3) is 0 Å². The number of hydrogen-bond acceptors (Lipinski definition) is 4. The van der Waals surface area contributed by atoms with E-state index in [2.05, 4.69) is 5.32 Å². The van der Waals surface area contributed by atoms with Crippen molar-refractivity contribution >= 4 is 15.9 Å². The van der Waals surface area contributed by atoms with Crippen molar-refractivity contribution < 1.29 is 17.9 Å². The Balaban J connectivity index is 1.89. The van der Waals surface area contributed by atoms with Gasteiger partial charge in [0.1, 0.15) is 0 Å². The maximum atomic E-state index is 11.9. The fraction of sp³-hybridized carbons (Fsp3) is 0.462. The van der Waals surface area contributed by atoms with E-state index in [0.29, 0.717) is 19.8 Å². The molecule has 1 aliphatic heterocycles. The topological polar surface area (TPSA) is 98.5 Å². The van der Waals surface area contributed by atoms with Crippen LogP contribution in [0.5, 0.6) is 0 Å². The van der Waals surface area contributed by atoms with Crippen LogP contribution in [-0.2, 0) is 26.1 Å². The second-order valence-electron chi connectivity index (χ2n) is 4.79. The van der Waals surface area contributed by atoms with E-state index >= 15 is 0 Å². The first kappa shape index (κ1) is 15.0. The summed E-state index contributed by atoms with van der Waals surface area (Å²) >= 11 is 0. The number of sulfonamides is 1. The number of carbonyl (C=O) groups is 1. The summed E-state index contributed by atoms with van der Waals surface area (Å²) in [5.74, 6) is 0.0243. The van der Waals surface area contributed by atoms with Crippen molar-refractivity contribution in [1.82, 2.24) is 5.32 Å². The Kier molecular flexibility index (Phi) is 4.74. The van der Waals surface area contributed by atoms with Gasteiger partial charge in [0.2, 0.25) is 15.9 Å². The molecule has 0 aliphatic carbocycles. The summed E-state index contributed by atoms with van der Waals surface area (Å²) in [6.45, 7) is 1.63. The van der Waals surface area contributed by atoms with Crippen LogP contribution in [0.1, 0.15) is 18.4 Å². The zero-order chi connectivity index (χ0) is 14.6. The number of nitrogens with one attached hydrogen (secondary N) is 1. The summed E-state index contributed by atoms with van der Waals surface area (Å²) in [5.41, 5.74) is 0.831. The molecule has 7 heteroatoms. The molecular formula is C13H18N2O4S. The van der Waals surface area contributed by atoms with E-state index in [1.807, 2.05) is 0 Å². The lowest BCUT2D eigenvalue weighted by atomic mass is 9.99. The van der Waals surface area contributed by atoms with Crippen molar-refractivity contribution in [3.63, 3.8) is 0 Å². The number of amides is 1. The minimum absolute atomic E-state index is 0.00689. The molecule has 1 heterocycles. The average molecular weight is 298 g/mol. The number of benzene rings is 1. The molecule has 0 aromatic heterocycles. The highest BCUT2D eigenvalue weighted by molar-refractivity contribution is 7.89. The number of carbonyl (C=O) groups excluding carboxylic acids is 1. The van der Waals surface area contributed by atoms with Crippen LogP contribution in [-0.4, -0.2) is 27.5 Å². The Morgan fingerprint density at radius 1 is 1.25 bits per heavy atom. The smallest absolute Gasteiger partial charge is 0.238 e. The Morgan fingerprint density at radius 3 is 2.40 bits per heavy atom. The Morgan fingerprint density at radius 2 is 1.85 bits per heavy atom. The molecule has 1 aliphatic rings. The number of ether oxygens (including phenoxy) is 1. The van der Waals surface area contributed by atoms with E-state index in [-0.39, 0.29) is 16.7 Å². The predicted octanol–water partition coefficient (Wildman–Crippen LogP) is 0.377. The molecule has 0 saturated carbocycles. The summed E-state index contributed by atoms with van der Waals surface area (Å²) in [7, 11) is -3.67. The molecule has 1 aromatic rings. The van der Waals surface area contributed by atoms with Crippen LogP contribution in [0.2, 0.25) is 0 Å². The lowest BCUT2D eigenvalue weighted by Crippen LogP contribution is -2.33. The summed E-state index contributed by atoms with van der Waals surface area (Å²) in [4.78, 5) is 12.0. The van der Waals surface area contributed by atoms with Gasteiger partial charge in [-0.05, 0) is 30.5 Å². The van der Waals surface area contributed by atoms with E-state index in [9.17, 15) is 13.2 Å². The molecule has 20 heavy (non-hydrogen) atoms. The summed E-state index contributed by atoms with van der Waals surface area (Å²) in [6.07, 6.45) is 1.49. The lowest BCUT2D eigenvalue weighted by Gasteiger charge is -2.21. The molecule has 1 amide bonds. The minimum Gasteiger partial charge on any atom is -0.381 e. The second kappa shape index (κ2) is 6.34. The van der Waals surface area contributed by atoms with Gasteiger partial charge in [0.15, 0.2) is 0 Å². The van der Waals surface area contributed by atoms with Crippen molar-refractivity contribution in [2.45, 2.75) is 24.3 Å². The molecule has 2 rings (SSSR count). The van der Waals surface area contributed by atoms with E-state index in [4.69, 9.17) is 9.88 Å². The second-order valence-corrected chi connectivity index (χ2v) is 6.35. The molecular weight excluding hydrogens is 280 g/mol. The summed E-state index contributed by atoms with van der Waals surface area (Å²) in [5, 5.41) is 7.87. The van der Waals surface area contributed by atoms with Crippen molar-refractivity contribution in [2.75, 3.05) is 13.2 Å². The van der Waals surface area contributed by atoms with Gasteiger partial charge in [0.05, 0.1) is 4.90 Å². The molecule has 0 atom stereocenters. The molecule has 0 unspecified atom stereocenters. The van der Waals surface area contributed by atoms with Crippen LogP contribution in [0.4, 0.5) is 0 Å². The van der Waals surface area contributed by atoms with Crippen molar-refractivity contribution in [1.29, 1.82) is 0 Å². The van der Waals surface area contributed by atoms with Gasteiger partial charge in [-0.1, -0.05) is 12.1 Å². The number of hydrogen-bond donors (Lipinski definition) is 2. The van der Waals surface area contributed by atoms with Crippen LogP contribution >= 0.6 is 0 Å². The molecule has 1 saturated heterocycles. The lowest BCUT2D eigenvalue weighted by molar-refractivity contribution is -0.128. The van der Waals surface area contributed by atoms with Crippen molar-refractivity contribution in [3.8, 4) is 0 Å². The summed E-state index contributed by atoms with van der Waals surface area (Å²) < 4.78 is 27.4. The molecule has 1 fully saturated rings. The normalized spacial score (nSPS) is 16.9. The monoisotopic (exact) mass is 298 g/mol. The molecule has 3 N–H and O–H groups in total. The highest BCUT2D eigenvalue weighted by atomic mass is 32.2. The van der Waals surface area contributed by atoms with Crippen molar-refractivity contribution in [3.05, 3.63) is 29.8 Å². The first-order valence-electron chi connectivity index (χ1n) is 6.44. The Labute approximate surface area is 118 Å². The predicted molar refractivity (Wildman–Crippen MR) is 73.2 cm³/mol. The standard InChI is InChI=1S/C13H18N2O4S/c14-20(17,18)12-3-1-10(2-4-12)9-15-13(16)11-5-7-19-8-6-11/h1-4,11H,5-9H2,(H,15,16)(H2,14,17,18). The zero-order valence-electron chi connectivity index (χ0n) is 11.0. The van der Waals surface area contributed by atoms with E-state index in [0.717, 1.165) is 18.4 Å². The third-order valence-electron chi connectivity index (χ3n) is 3.31.